The number of hydrogen-bond donors (Lipinski definition) is 0. The molecule has 0 heteroatoms. The second-order valence-corrected chi connectivity index (χ2v) is 1.85. The molecule has 0 aliphatic carbocycles. The van der Waals surface area contributed by atoms with Crippen molar-refractivity contribution in [1.82, 2.24) is 0 Å². The highest BCUT2D eigenvalue weighted by molar-refractivity contribution is 5.07. The average Bonchev–Trinajstić information content (AvgIpc) is 1.91. The van der Waals surface area contributed by atoms with Crippen LogP contribution in [0.3, 0.4) is 0 Å². The first-order valence-corrected chi connectivity index (χ1v) is 3.73. The Morgan fingerprint density at radius 2 is 1.60 bits per heavy atom. The third kappa shape index (κ3) is 26.9. The molecule has 0 aromatic heterocycles. The largest absolute Gasteiger partial charge is 0.0991 e. The molecule has 0 fully saturated rings. The highest BCUT2D eigenvalue weighted by atomic mass is 13.6. The molecule has 0 atom stereocenters. The summed E-state index contributed by atoms with van der Waals surface area (Å²) >= 11 is 0. The van der Waals surface area contributed by atoms with Gasteiger partial charge in [-0.25, -0.2) is 0 Å². The van der Waals surface area contributed by atoms with Gasteiger partial charge < -0.3 is 0 Å². The highest BCUT2D eigenvalue weighted by Crippen LogP contribution is 1.74. The molecular weight excluding hydrogens is 120 g/mol. The average molecular weight is 138 g/mol. The van der Waals surface area contributed by atoms with Crippen molar-refractivity contribution in [3.8, 4) is 0 Å². The van der Waals surface area contributed by atoms with Crippen LogP contribution in [-0.4, -0.2) is 0 Å². The van der Waals surface area contributed by atoms with Gasteiger partial charge in [0.15, 0.2) is 0 Å². The predicted molar refractivity (Wildman–Crippen MR) is 50.1 cm³/mol. The van der Waals surface area contributed by atoms with Gasteiger partial charge in [-0.15, -0.1) is 0 Å². The van der Waals surface area contributed by atoms with Gasteiger partial charge in [0.25, 0.3) is 0 Å². The Balaban J connectivity index is 0. The van der Waals surface area contributed by atoms with Gasteiger partial charge in [-0.05, 0) is 6.92 Å². The summed E-state index contributed by atoms with van der Waals surface area (Å²) in [5, 5.41) is 0. The van der Waals surface area contributed by atoms with Gasteiger partial charge in [0.1, 0.15) is 0 Å². The van der Waals surface area contributed by atoms with Gasteiger partial charge in [0, 0.05) is 0 Å². The van der Waals surface area contributed by atoms with E-state index in [9.17, 15) is 0 Å². The van der Waals surface area contributed by atoms with Crippen LogP contribution < -0.4 is 0 Å². The van der Waals surface area contributed by atoms with Crippen molar-refractivity contribution in [3.63, 3.8) is 0 Å². The summed E-state index contributed by atoms with van der Waals surface area (Å²) in [4.78, 5) is 0. The summed E-state index contributed by atoms with van der Waals surface area (Å²) in [7, 11) is 0. The Labute approximate surface area is 65.0 Å². The Kier molecular flexibility index (Phi) is 18.8. The van der Waals surface area contributed by atoms with Crippen LogP contribution >= 0.6 is 0 Å². The minimum atomic E-state index is 1.25. The lowest BCUT2D eigenvalue weighted by Gasteiger charge is -1.65. The van der Waals surface area contributed by atoms with Crippen molar-refractivity contribution >= 4 is 0 Å². The SMILES string of the molecule is C=C/C=C\C=C/C.CCC. The molecule has 0 aliphatic heterocycles. The second-order valence-electron chi connectivity index (χ2n) is 1.85. The summed E-state index contributed by atoms with van der Waals surface area (Å²) in [5.41, 5.74) is 0. The van der Waals surface area contributed by atoms with Gasteiger partial charge in [-0.1, -0.05) is 57.2 Å². The zero-order valence-electron chi connectivity index (χ0n) is 7.30. The van der Waals surface area contributed by atoms with Gasteiger partial charge in [0.2, 0.25) is 0 Å². The molecule has 0 spiro atoms. The fraction of sp³-hybridized carbons (Fsp3) is 0.400. The lowest BCUT2D eigenvalue weighted by atomic mass is 10.4. The third-order valence-electron chi connectivity index (χ3n) is 0.551. The number of hydrogen-bond acceptors (Lipinski definition) is 0. The van der Waals surface area contributed by atoms with Crippen LogP contribution in [0.2, 0.25) is 0 Å². The molecule has 0 bridgehead atoms. The standard InChI is InChI=1S/C7H10.C3H8/c1-3-5-7-6-4-2;1-3-2/h3-7H,1H2,2H3;3H2,1-2H3/b6-4-,7-5-;. The summed E-state index contributed by atoms with van der Waals surface area (Å²) < 4.78 is 0. The Hall–Kier alpha value is -0.780. The van der Waals surface area contributed by atoms with Gasteiger partial charge in [-0.3, -0.25) is 0 Å². The smallest absolute Gasteiger partial charge is 0.0467 e. The van der Waals surface area contributed by atoms with E-state index < -0.39 is 0 Å². The molecule has 0 heterocycles. The maximum absolute atomic E-state index is 3.51. The first-order chi connectivity index (χ1) is 4.83. The monoisotopic (exact) mass is 138 g/mol. The van der Waals surface area contributed by atoms with E-state index in [1.165, 1.54) is 6.42 Å². The van der Waals surface area contributed by atoms with E-state index in [4.69, 9.17) is 0 Å². The minimum absolute atomic E-state index is 1.25. The molecule has 0 aliphatic rings. The van der Waals surface area contributed by atoms with E-state index in [1.807, 2.05) is 31.2 Å². The van der Waals surface area contributed by atoms with E-state index >= 15 is 0 Å². The highest BCUT2D eigenvalue weighted by Gasteiger charge is 1.52. The quantitative estimate of drug-likeness (QED) is 0.510. The molecule has 0 unspecified atom stereocenters. The molecule has 0 radical (unpaired) electrons. The maximum atomic E-state index is 3.51. The zero-order valence-corrected chi connectivity index (χ0v) is 7.30. The Bertz CT molecular complexity index is 96.6. The summed E-state index contributed by atoms with van der Waals surface area (Å²) in [6.45, 7) is 9.74. The molecule has 0 rings (SSSR count). The van der Waals surface area contributed by atoms with Crippen LogP contribution in [0.4, 0.5) is 0 Å². The Morgan fingerprint density at radius 1 is 1.10 bits per heavy atom. The molecule has 10 heavy (non-hydrogen) atoms. The van der Waals surface area contributed by atoms with Crippen LogP contribution in [0, 0.1) is 0 Å². The van der Waals surface area contributed by atoms with E-state index in [0.29, 0.717) is 0 Å². The molecule has 0 saturated carbocycles. The first kappa shape index (κ1) is 12.0. The summed E-state index contributed by atoms with van der Waals surface area (Å²) in [6, 6.07) is 0. The molecule has 0 aromatic rings. The van der Waals surface area contributed by atoms with Crippen LogP contribution in [0.5, 0.6) is 0 Å². The molecule has 58 valence electrons. The zero-order chi connectivity index (χ0) is 8.24. The molecule has 0 aromatic carbocycles. The van der Waals surface area contributed by atoms with Crippen molar-refractivity contribution in [1.29, 1.82) is 0 Å². The first-order valence-electron chi connectivity index (χ1n) is 3.73. The summed E-state index contributed by atoms with van der Waals surface area (Å²) in [6.07, 6.45) is 10.8. The fourth-order valence-corrected chi connectivity index (χ4v) is 0.254. The van der Waals surface area contributed by atoms with E-state index in [0.717, 1.165) is 0 Å². The van der Waals surface area contributed by atoms with Crippen molar-refractivity contribution in [2.24, 2.45) is 0 Å². The van der Waals surface area contributed by atoms with Crippen LogP contribution in [0.1, 0.15) is 27.2 Å². The molecular formula is C10H18. The van der Waals surface area contributed by atoms with Crippen LogP contribution in [0.25, 0.3) is 0 Å². The number of allylic oxidation sites excluding steroid dienone is 5. The minimum Gasteiger partial charge on any atom is -0.0991 e. The molecule has 0 amide bonds. The fourth-order valence-electron chi connectivity index (χ4n) is 0.254. The number of rotatable bonds is 2. The van der Waals surface area contributed by atoms with Gasteiger partial charge >= 0.3 is 0 Å². The van der Waals surface area contributed by atoms with Crippen molar-refractivity contribution in [3.05, 3.63) is 37.0 Å². The topological polar surface area (TPSA) is 0 Å². The van der Waals surface area contributed by atoms with Crippen LogP contribution in [0.15, 0.2) is 37.0 Å². The van der Waals surface area contributed by atoms with E-state index in [1.54, 1.807) is 6.08 Å². The van der Waals surface area contributed by atoms with Gasteiger partial charge in [-0.2, -0.15) is 0 Å². The maximum Gasteiger partial charge on any atom is -0.0467 e. The van der Waals surface area contributed by atoms with Crippen molar-refractivity contribution in [2.75, 3.05) is 0 Å². The normalized spacial score (nSPS) is 9.50. The molecule has 0 nitrogen and oxygen atoms in total. The summed E-state index contributed by atoms with van der Waals surface area (Å²) in [5.74, 6) is 0. The Morgan fingerprint density at radius 3 is 1.90 bits per heavy atom. The van der Waals surface area contributed by atoms with E-state index in [2.05, 4.69) is 20.4 Å². The van der Waals surface area contributed by atoms with Crippen LogP contribution in [-0.2, 0) is 0 Å². The van der Waals surface area contributed by atoms with E-state index in [-0.39, 0.29) is 0 Å². The molecule has 0 saturated heterocycles. The lowest BCUT2D eigenvalue weighted by molar-refractivity contribution is 1.09. The molecule has 0 N–H and O–H groups in total. The second kappa shape index (κ2) is 15.7. The third-order valence-corrected chi connectivity index (χ3v) is 0.551. The van der Waals surface area contributed by atoms with Gasteiger partial charge in [0.05, 0.1) is 0 Å². The predicted octanol–water partition coefficient (Wildman–Crippen LogP) is 3.72. The lowest BCUT2D eigenvalue weighted by Crippen LogP contribution is -1.43. The van der Waals surface area contributed by atoms with Crippen molar-refractivity contribution < 1.29 is 0 Å². The van der Waals surface area contributed by atoms with Crippen molar-refractivity contribution in [2.45, 2.75) is 27.2 Å².